The molecule has 0 fully saturated rings. The van der Waals surface area contributed by atoms with Crippen molar-refractivity contribution < 1.29 is 17.7 Å². The van der Waals surface area contributed by atoms with Gasteiger partial charge < -0.3 is 15.9 Å². The Bertz CT molecular complexity index is 151. The molecule has 0 amide bonds. The molecule has 0 aromatic heterocycles. The fourth-order valence-electron chi connectivity index (χ4n) is 0.155. The van der Waals surface area contributed by atoms with E-state index in [1.54, 1.807) is 0 Å². The summed E-state index contributed by atoms with van der Waals surface area (Å²) in [6, 6.07) is -2.67. The standard InChI is InChI=1S/C4H9NO3/c1-2(6)3(5)4(7)8/h2-3,6H,5H2,1H3,(H,7,8)/t2-,3+/m0/s1/i2D,3D. The van der Waals surface area contributed by atoms with E-state index in [1.807, 2.05) is 0 Å². The van der Waals surface area contributed by atoms with Crippen LogP contribution in [0.2, 0.25) is 0 Å². The first-order valence-electron chi connectivity index (χ1n) is 2.94. The minimum absolute atomic E-state index is 0.841. The molecule has 48 valence electrons. The van der Waals surface area contributed by atoms with Crippen LogP contribution in [0.4, 0.5) is 0 Å². The zero-order chi connectivity index (χ0) is 8.58. The number of hydrogen-bond donors (Lipinski definition) is 3. The Kier molecular flexibility index (Phi) is 1.41. The van der Waals surface area contributed by atoms with Gasteiger partial charge in [-0.3, -0.25) is 4.79 Å². The number of aliphatic carboxylic acids is 1. The van der Waals surface area contributed by atoms with Gasteiger partial charge in [-0.2, -0.15) is 0 Å². The highest BCUT2D eigenvalue weighted by molar-refractivity contribution is 5.73. The van der Waals surface area contributed by atoms with E-state index in [1.165, 1.54) is 0 Å². The van der Waals surface area contributed by atoms with E-state index in [0.717, 1.165) is 6.92 Å². The number of nitrogens with two attached hydrogens (primary N) is 1. The van der Waals surface area contributed by atoms with Gasteiger partial charge in [-0.15, -0.1) is 0 Å². The van der Waals surface area contributed by atoms with Crippen molar-refractivity contribution in [1.29, 1.82) is 0 Å². The largest absolute Gasteiger partial charge is 0.480 e. The molecule has 0 rings (SSSR count). The third-order valence-electron chi connectivity index (χ3n) is 0.620. The summed E-state index contributed by atoms with van der Waals surface area (Å²) in [7, 11) is 0. The van der Waals surface area contributed by atoms with Gasteiger partial charge >= 0.3 is 5.97 Å². The highest BCUT2D eigenvalue weighted by Crippen LogP contribution is 1.85. The smallest absolute Gasteiger partial charge is 0.323 e. The topological polar surface area (TPSA) is 83.6 Å². The Hall–Kier alpha value is -0.610. The van der Waals surface area contributed by atoms with E-state index in [0.29, 0.717) is 0 Å². The molecule has 4 heteroatoms. The molecule has 2 atom stereocenters. The van der Waals surface area contributed by atoms with E-state index >= 15 is 0 Å². The summed E-state index contributed by atoms with van der Waals surface area (Å²) < 4.78 is 13.5. The number of carbonyl (C=O) groups is 1. The minimum atomic E-state index is -2.67. The predicted octanol–water partition coefficient (Wildman–Crippen LogP) is -1.22. The van der Waals surface area contributed by atoms with Crippen molar-refractivity contribution in [3.8, 4) is 0 Å². The summed E-state index contributed by atoms with van der Waals surface area (Å²) in [4.78, 5) is 10.1. The summed E-state index contributed by atoms with van der Waals surface area (Å²) in [5.74, 6) is -1.73. The van der Waals surface area contributed by atoms with Gasteiger partial charge in [0.2, 0.25) is 0 Å². The second-order valence-corrected chi connectivity index (χ2v) is 1.30. The first kappa shape index (κ1) is 4.29. The van der Waals surface area contributed by atoms with Crippen molar-refractivity contribution in [2.24, 2.45) is 5.73 Å². The average Bonchev–Trinajstić information content (AvgIpc) is 1.62. The molecule has 0 aliphatic rings. The van der Waals surface area contributed by atoms with Gasteiger partial charge in [-0.05, 0) is 6.92 Å². The van der Waals surface area contributed by atoms with Crippen LogP contribution in [0.25, 0.3) is 0 Å². The van der Waals surface area contributed by atoms with E-state index < -0.39 is 18.1 Å². The molecule has 0 heterocycles. The van der Waals surface area contributed by atoms with Crippen LogP contribution in [-0.4, -0.2) is 28.3 Å². The summed E-state index contributed by atoms with van der Waals surface area (Å²) in [6.07, 6.45) is -2.49. The Morgan fingerprint density at radius 1 is 2.00 bits per heavy atom. The molecule has 0 spiro atoms. The minimum Gasteiger partial charge on any atom is -0.480 e. The number of hydrogen-bond acceptors (Lipinski definition) is 3. The summed E-state index contributed by atoms with van der Waals surface area (Å²) in [5, 5.41) is 16.9. The summed E-state index contributed by atoms with van der Waals surface area (Å²) >= 11 is 0. The maximum atomic E-state index is 10.1. The molecule has 4 nitrogen and oxygen atoms in total. The third-order valence-corrected chi connectivity index (χ3v) is 0.620. The van der Waals surface area contributed by atoms with Crippen molar-refractivity contribution in [2.45, 2.75) is 19.0 Å². The highest BCUT2D eigenvalue weighted by atomic mass is 16.4. The molecular formula is C4H9NO3. The number of carboxylic acid groups (broad SMARTS) is 1. The monoisotopic (exact) mass is 121 g/mol. The number of rotatable bonds is 2. The normalized spacial score (nSPS) is 28.9. The van der Waals surface area contributed by atoms with Gasteiger partial charge in [0.15, 0.2) is 0 Å². The third kappa shape index (κ3) is 1.90. The van der Waals surface area contributed by atoms with E-state index in [2.05, 4.69) is 0 Å². The molecular weight excluding hydrogens is 110 g/mol. The maximum absolute atomic E-state index is 10.1. The van der Waals surface area contributed by atoms with E-state index in [4.69, 9.17) is 18.7 Å². The second kappa shape index (κ2) is 2.64. The molecule has 0 bridgehead atoms. The Balaban J connectivity index is 4.57. The zero-order valence-corrected chi connectivity index (χ0v) is 4.38. The molecule has 4 N–H and O–H groups in total. The lowest BCUT2D eigenvalue weighted by Gasteiger charge is -2.06. The van der Waals surface area contributed by atoms with Crippen molar-refractivity contribution in [3.05, 3.63) is 0 Å². The molecule has 8 heavy (non-hydrogen) atoms. The van der Waals surface area contributed by atoms with Crippen molar-refractivity contribution in [1.82, 2.24) is 0 Å². The molecule has 0 aromatic carbocycles. The van der Waals surface area contributed by atoms with Crippen LogP contribution in [0.15, 0.2) is 0 Å². The van der Waals surface area contributed by atoms with Gasteiger partial charge in [0.25, 0.3) is 0 Å². The molecule has 0 aromatic rings. The van der Waals surface area contributed by atoms with Gasteiger partial charge in [0, 0.05) is 0 Å². The fourth-order valence-corrected chi connectivity index (χ4v) is 0.155. The fraction of sp³-hybridized carbons (Fsp3) is 0.750. The average molecular weight is 121 g/mol. The first-order chi connectivity index (χ1) is 4.19. The van der Waals surface area contributed by atoms with Gasteiger partial charge in [0.1, 0.15) is 6.02 Å². The van der Waals surface area contributed by atoms with Crippen LogP contribution in [0.3, 0.4) is 0 Å². The lowest BCUT2D eigenvalue weighted by atomic mass is 10.2. The van der Waals surface area contributed by atoms with Crippen LogP contribution in [0, 0.1) is 0 Å². The van der Waals surface area contributed by atoms with Crippen LogP contribution in [0.1, 0.15) is 9.67 Å². The summed E-state index contributed by atoms with van der Waals surface area (Å²) in [5.41, 5.74) is 4.77. The molecule has 0 aliphatic carbocycles. The Morgan fingerprint density at radius 3 is 2.38 bits per heavy atom. The van der Waals surface area contributed by atoms with Gasteiger partial charge in [-0.25, -0.2) is 0 Å². The Morgan fingerprint density at radius 2 is 2.38 bits per heavy atom. The lowest BCUT2D eigenvalue weighted by molar-refractivity contribution is -0.140. The predicted molar refractivity (Wildman–Crippen MR) is 27.3 cm³/mol. The summed E-state index contributed by atoms with van der Waals surface area (Å²) in [6.45, 7) is 0.841. The lowest BCUT2D eigenvalue weighted by Crippen LogP contribution is -2.39. The van der Waals surface area contributed by atoms with Crippen LogP contribution >= 0.6 is 0 Å². The van der Waals surface area contributed by atoms with Gasteiger partial charge in [0.05, 0.1) is 8.82 Å². The molecule has 0 radical (unpaired) electrons. The Labute approximate surface area is 49.7 Å². The molecule has 0 aliphatic heterocycles. The van der Waals surface area contributed by atoms with Crippen molar-refractivity contribution in [3.63, 3.8) is 0 Å². The molecule has 0 saturated heterocycles. The maximum Gasteiger partial charge on any atom is 0.323 e. The first-order valence-corrected chi connectivity index (χ1v) is 1.94. The number of aliphatic hydroxyl groups is 1. The second-order valence-electron chi connectivity index (χ2n) is 1.30. The quantitative estimate of drug-likeness (QED) is 0.427. The van der Waals surface area contributed by atoms with Crippen molar-refractivity contribution >= 4 is 5.97 Å². The van der Waals surface area contributed by atoms with E-state index in [9.17, 15) is 4.79 Å². The van der Waals surface area contributed by atoms with Crippen LogP contribution in [-0.2, 0) is 4.79 Å². The molecule has 0 unspecified atom stereocenters. The van der Waals surface area contributed by atoms with Crippen LogP contribution < -0.4 is 5.73 Å². The van der Waals surface area contributed by atoms with Crippen LogP contribution in [0.5, 0.6) is 0 Å². The SMILES string of the molecule is [2H][C@](N)(C(=O)O)[C@]([2H])(C)O. The zero-order valence-electron chi connectivity index (χ0n) is 6.38. The van der Waals surface area contributed by atoms with E-state index in [-0.39, 0.29) is 0 Å². The number of carboxylic acids is 1. The van der Waals surface area contributed by atoms with Crippen molar-refractivity contribution in [2.75, 3.05) is 0 Å². The highest BCUT2D eigenvalue weighted by Gasteiger charge is 2.16. The molecule has 0 saturated carbocycles. The van der Waals surface area contributed by atoms with Gasteiger partial charge in [-0.1, -0.05) is 0 Å².